The van der Waals surface area contributed by atoms with Gasteiger partial charge in [0.05, 0.1) is 0 Å². The molecule has 0 aliphatic carbocycles. The molecule has 0 saturated carbocycles. The molecule has 13 heavy (non-hydrogen) atoms. The van der Waals surface area contributed by atoms with Gasteiger partial charge < -0.3 is 14.6 Å². The molecule has 1 aromatic rings. The average molecular weight is 188 g/mol. The van der Waals surface area contributed by atoms with Crippen molar-refractivity contribution in [3.05, 3.63) is 17.7 Å². The molecule has 0 unspecified atom stereocenters. The summed E-state index contributed by atoms with van der Waals surface area (Å²) < 4.78 is 33.2. The number of ether oxygens (including phenoxy) is 2. The number of aryl methyl sites for hydroxylation is 1. The van der Waals surface area contributed by atoms with Crippen LogP contribution >= 0.6 is 0 Å². The van der Waals surface area contributed by atoms with Crippen molar-refractivity contribution in [2.75, 3.05) is 0 Å². The van der Waals surface area contributed by atoms with Crippen molar-refractivity contribution in [3.8, 4) is 17.2 Å². The van der Waals surface area contributed by atoms with Gasteiger partial charge in [-0.3, -0.25) is 0 Å². The highest BCUT2D eigenvalue weighted by Crippen LogP contribution is 2.47. The van der Waals surface area contributed by atoms with Gasteiger partial charge in [0.1, 0.15) is 0 Å². The lowest BCUT2D eigenvalue weighted by Crippen LogP contribution is -2.25. The topological polar surface area (TPSA) is 38.7 Å². The molecule has 1 aliphatic rings. The fourth-order valence-corrected chi connectivity index (χ4v) is 1.10. The molecule has 0 fully saturated rings. The molecular weight excluding hydrogens is 182 g/mol. The minimum atomic E-state index is -3.67. The Labute approximate surface area is 72.5 Å². The molecule has 1 N–H and O–H groups in total. The summed E-state index contributed by atoms with van der Waals surface area (Å²) in [5.74, 6) is -0.757. The Morgan fingerprint density at radius 1 is 1.31 bits per heavy atom. The Morgan fingerprint density at radius 2 is 2.00 bits per heavy atom. The number of hydrogen-bond acceptors (Lipinski definition) is 3. The Bertz CT molecular complexity index is 363. The maximum Gasteiger partial charge on any atom is 0.586 e. The summed E-state index contributed by atoms with van der Waals surface area (Å²) in [6.07, 6.45) is -3.67. The third-order valence-electron chi connectivity index (χ3n) is 1.75. The summed E-state index contributed by atoms with van der Waals surface area (Å²) >= 11 is 0. The van der Waals surface area contributed by atoms with E-state index >= 15 is 0 Å². The lowest BCUT2D eigenvalue weighted by molar-refractivity contribution is -0.287. The van der Waals surface area contributed by atoms with Gasteiger partial charge in [0.15, 0.2) is 11.5 Å². The number of benzene rings is 1. The second-order valence-electron chi connectivity index (χ2n) is 2.73. The normalized spacial score (nSPS) is 17.5. The van der Waals surface area contributed by atoms with Crippen LogP contribution in [-0.2, 0) is 0 Å². The zero-order valence-corrected chi connectivity index (χ0v) is 6.67. The number of fused-ring (bicyclic) bond motifs is 1. The van der Waals surface area contributed by atoms with Crippen LogP contribution in [0.5, 0.6) is 17.2 Å². The molecule has 0 aromatic heterocycles. The Kier molecular flexibility index (Phi) is 1.40. The van der Waals surface area contributed by atoms with Crippen molar-refractivity contribution >= 4 is 0 Å². The van der Waals surface area contributed by atoms with Crippen molar-refractivity contribution in [1.29, 1.82) is 0 Å². The molecule has 0 spiro atoms. The van der Waals surface area contributed by atoms with E-state index in [4.69, 9.17) is 0 Å². The monoisotopic (exact) mass is 188 g/mol. The molecule has 0 atom stereocenters. The Morgan fingerprint density at radius 3 is 2.69 bits per heavy atom. The first-order valence-corrected chi connectivity index (χ1v) is 3.58. The summed E-state index contributed by atoms with van der Waals surface area (Å²) in [7, 11) is 0. The van der Waals surface area contributed by atoms with Gasteiger partial charge in [-0.2, -0.15) is 0 Å². The molecule has 1 aromatic carbocycles. The fourth-order valence-electron chi connectivity index (χ4n) is 1.10. The summed E-state index contributed by atoms with van der Waals surface area (Å²) in [5.41, 5.74) is 0.458. The predicted molar refractivity (Wildman–Crippen MR) is 39.0 cm³/mol. The first-order chi connectivity index (χ1) is 5.99. The summed E-state index contributed by atoms with van der Waals surface area (Å²) in [4.78, 5) is 0. The Balaban J connectivity index is 2.53. The minimum absolute atomic E-state index is 0.145. The first-order valence-electron chi connectivity index (χ1n) is 3.58. The lowest BCUT2D eigenvalue weighted by atomic mass is 10.2. The van der Waals surface area contributed by atoms with Crippen LogP contribution in [0.2, 0.25) is 0 Å². The molecule has 1 heterocycles. The van der Waals surface area contributed by atoms with Gasteiger partial charge in [-0.05, 0) is 18.6 Å². The van der Waals surface area contributed by atoms with Crippen LogP contribution in [-0.4, -0.2) is 11.4 Å². The minimum Gasteiger partial charge on any atom is -0.504 e. The van der Waals surface area contributed by atoms with Crippen LogP contribution in [0.4, 0.5) is 8.78 Å². The van der Waals surface area contributed by atoms with Crippen LogP contribution in [0.15, 0.2) is 12.1 Å². The van der Waals surface area contributed by atoms with Gasteiger partial charge in [0.25, 0.3) is 0 Å². The Hall–Kier alpha value is -1.52. The van der Waals surface area contributed by atoms with Crippen LogP contribution in [0.25, 0.3) is 0 Å². The summed E-state index contributed by atoms with van der Waals surface area (Å²) in [6, 6.07) is 2.80. The van der Waals surface area contributed by atoms with Crippen LogP contribution < -0.4 is 9.47 Å². The van der Waals surface area contributed by atoms with E-state index in [2.05, 4.69) is 9.47 Å². The third-order valence-corrected chi connectivity index (χ3v) is 1.75. The molecule has 2 rings (SSSR count). The van der Waals surface area contributed by atoms with Crippen LogP contribution in [0, 0.1) is 6.92 Å². The van der Waals surface area contributed by atoms with E-state index in [-0.39, 0.29) is 17.2 Å². The standard InChI is InChI=1S/C8H6F2O3/c1-4-2-3-5-7(6(4)11)13-8(9,10)12-5/h2-3,11H,1H3. The van der Waals surface area contributed by atoms with Crippen LogP contribution in [0.3, 0.4) is 0 Å². The fraction of sp³-hybridized carbons (Fsp3) is 0.250. The highest BCUT2D eigenvalue weighted by atomic mass is 19.3. The molecule has 1 aliphatic heterocycles. The number of alkyl halides is 2. The number of hydrogen-bond donors (Lipinski definition) is 1. The van der Waals surface area contributed by atoms with Gasteiger partial charge in [-0.25, -0.2) is 0 Å². The van der Waals surface area contributed by atoms with Crippen LogP contribution in [0.1, 0.15) is 5.56 Å². The van der Waals surface area contributed by atoms with Gasteiger partial charge in [0.2, 0.25) is 5.75 Å². The van der Waals surface area contributed by atoms with Crippen molar-refractivity contribution < 1.29 is 23.4 Å². The highest BCUT2D eigenvalue weighted by molar-refractivity contribution is 5.55. The zero-order chi connectivity index (χ0) is 9.64. The van der Waals surface area contributed by atoms with Gasteiger partial charge in [-0.15, -0.1) is 8.78 Å². The van der Waals surface area contributed by atoms with Crippen molar-refractivity contribution in [3.63, 3.8) is 0 Å². The number of halogens is 2. The van der Waals surface area contributed by atoms with E-state index in [1.54, 1.807) is 6.92 Å². The first kappa shape index (κ1) is 8.10. The van der Waals surface area contributed by atoms with Gasteiger partial charge in [0, 0.05) is 0 Å². The van der Waals surface area contributed by atoms with Gasteiger partial charge in [-0.1, -0.05) is 6.07 Å². The van der Waals surface area contributed by atoms with Crippen molar-refractivity contribution in [2.24, 2.45) is 0 Å². The molecule has 3 nitrogen and oxygen atoms in total. The quantitative estimate of drug-likeness (QED) is 0.676. The zero-order valence-electron chi connectivity index (χ0n) is 6.67. The van der Waals surface area contributed by atoms with Crippen molar-refractivity contribution in [2.45, 2.75) is 13.2 Å². The third kappa shape index (κ3) is 1.16. The molecule has 5 heteroatoms. The lowest BCUT2D eigenvalue weighted by Gasteiger charge is -2.04. The maximum atomic E-state index is 12.5. The number of rotatable bonds is 0. The molecule has 70 valence electrons. The summed E-state index contributed by atoms with van der Waals surface area (Å²) in [5, 5.41) is 9.31. The van der Waals surface area contributed by atoms with E-state index in [0.717, 1.165) is 0 Å². The molecule has 0 saturated heterocycles. The smallest absolute Gasteiger partial charge is 0.504 e. The average Bonchev–Trinajstić information content (AvgIpc) is 2.34. The van der Waals surface area contributed by atoms with E-state index in [0.29, 0.717) is 5.56 Å². The molecule has 0 bridgehead atoms. The second kappa shape index (κ2) is 2.25. The highest BCUT2D eigenvalue weighted by Gasteiger charge is 2.45. The predicted octanol–water partition coefficient (Wildman–Crippen LogP) is 2.02. The number of aromatic hydroxyl groups is 1. The number of phenols is 1. The second-order valence-corrected chi connectivity index (χ2v) is 2.73. The number of phenolic OH excluding ortho intramolecular Hbond substituents is 1. The van der Waals surface area contributed by atoms with E-state index in [1.165, 1.54) is 12.1 Å². The largest absolute Gasteiger partial charge is 0.586 e. The van der Waals surface area contributed by atoms with E-state index in [9.17, 15) is 13.9 Å². The van der Waals surface area contributed by atoms with Gasteiger partial charge >= 0.3 is 6.29 Å². The molecule has 0 radical (unpaired) electrons. The SMILES string of the molecule is Cc1ccc2c(c1O)OC(F)(F)O2. The molecular formula is C8H6F2O3. The maximum absolute atomic E-state index is 12.5. The molecule has 0 amide bonds. The summed E-state index contributed by atoms with van der Waals surface area (Å²) in [6.45, 7) is 1.58. The van der Waals surface area contributed by atoms with Crippen molar-refractivity contribution in [1.82, 2.24) is 0 Å². The van der Waals surface area contributed by atoms with E-state index < -0.39 is 6.29 Å². The van der Waals surface area contributed by atoms with E-state index in [1.807, 2.05) is 0 Å².